The van der Waals surface area contributed by atoms with Crippen molar-refractivity contribution in [1.29, 1.82) is 0 Å². The second-order valence-corrected chi connectivity index (χ2v) is 11.7. The van der Waals surface area contributed by atoms with Gasteiger partial charge in [0.15, 0.2) is 0 Å². The number of nitrogens with zero attached hydrogens (tertiary/aromatic N) is 6. The topological polar surface area (TPSA) is 194 Å². The van der Waals surface area contributed by atoms with Crippen LogP contribution in [-0.4, -0.2) is 53.5 Å². The molecule has 270 valence electrons. The normalized spacial score (nSPS) is 11.3. The van der Waals surface area contributed by atoms with Crippen LogP contribution in [0.25, 0.3) is 48.6 Å². The van der Waals surface area contributed by atoms with Gasteiger partial charge in [0, 0.05) is 75.2 Å². The van der Waals surface area contributed by atoms with E-state index < -0.39 is 0 Å². The third kappa shape index (κ3) is 11.8. The molecule has 5 aromatic heterocycles. The lowest BCUT2D eigenvalue weighted by molar-refractivity contribution is -0.115. The molecule has 0 saturated carbocycles. The summed E-state index contributed by atoms with van der Waals surface area (Å²) in [6.07, 6.45) is 20.4. The first kappa shape index (κ1) is 37.8. The highest BCUT2D eigenvalue weighted by Crippen LogP contribution is 2.22. The lowest BCUT2D eigenvalue weighted by Crippen LogP contribution is -2.06. The Labute approximate surface area is 311 Å². The van der Waals surface area contributed by atoms with E-state index in [0.717, 1.165) is 0 Å². The van der Waals surface area contributed by atoms with Crippen LogP contribution in [0.3, 0.4) is 0 Å². The molecule has 0 aliphatic heterocycles. The number of rotatable bonds is 12. The van der Waals surface area contributed by atoms with E-state index in [1.165, 1.54) is 27.7 Å². The number of amides is 4. The van der Waals surface area contributed by atoms with Crippen molar-refractivity contribution in [2.24, 2.45) is 0 Å². The molecule has 5 heterocycles. The van der Waals surface area contributed by atoms with Gasteiger partial charge in [-0.15, -0.1) is 0 Å². The van der Waals surface area contributed by atoms with Gasteiger partial charge >= 0.3 is 0 Å². The van der Waals surface area contributed by atoms with Crippen LogP contribution in [-0.2, 0) is 19.2 Å². The van der Waals surface area contributed by atoms with Gasteiger partial charge in [-0.05, 0) is 97.1 Å². The smallest absolute Gasteiger partial charge is 0.221 e. The Kier molecular flexibility index (Phi) is 12.7. The Hall–Kier alpha value is -7.48. The minimum absolute atomic E-state index is 0.209. The second kappa shape index (κ2) is 18.1. The molecule has 0 aliphatic carbocycles. The van der Waals surface area contributed by atoms with Crippen LogP contribution in [0, 0.1) is 0 Å². The third-order valence-electron chi connectivity index (χ3n) is 7.06. The quantitative estimate of drug-likeness (QED) is 0.109. The van der Waals surface area contributed by atoms with Crippen molar-refractivity contribution >= 4 is 95.0 Å². The first-order valence-corrected chi connectivity index (χ1v) is 16.6. The molecule has 14 heteroatoms. The molecule has 0 fully saturated rings. The highest BCUT2D eigenvalue weighted by molar-refractivity contribution is 5.91. The third-order valence-corrected chi connectivity index (χ3v) is 7.06. The summed E-state index contributed by atoms with van der Waals surface area (Å²) in [6, 6.07) is 13.7. The average molecular weight is 721 g/mol. The molecule has 0 bridgehead atoms. The lowest BCUT2D eigenvalue weighted by Gasteiger charge is -2.08. The van der Waals surface area contributed by atoms with Gasteiger partial charge in [-0.25, -0.2) is 9.97 Å². The van der Waals surface area contributed by atoms with Crippen LogP contribution >= 0.6 is 0 Å². The first-order chi connectivity index (χ1) is 26.0. The zero-order chi connectivity index (χ0) is 38.5. The molecule has 54 heavy (non-hydrogen) atoms. The monoisotopic (exact) mass is 720 g/mol. The summed E-state index contributed by atoms with van der Waals surface area (Å²) < 4.78 is 0. The second-order valence-electron chi connectivity index (χ2n) is 11.7. The van der Waals surface area contributed by atoms with E-state index in [9.17, 15) is 19.2 Å². The zero-order valence-electron chi connectivity index (χ0n) is 29.9. The molecule has 14 nitrogen and oxygen atoms in total. The summed E-state index contributed by atoms with van der Waals surface area (Å²) in [6.45, 7) is 5.71. The maximum absolute atomic E-state index is 11.7. The van der Waals surface area contributed by atoms with Crippen molar-refractivity contribution in [3.8, 4) is 0 Å². The fourth-order valence-corrected chi connectivity index (χ4v) is 4.92. The van der Waals surface area contributed by atoms with Crippen molar-refractivity contribution in [3.05, 3.63) is 119 Å². The minimum Gasteiger partial charge on any atom is -0.326 e. The minimum atomic E-state index is -0.209. The Balaban J connectivity index is 1.63. The number of hydrogen-bond donors (Lipinski definition) is 4. The summed E-state index contributed by atoms with van der Waals surface area (Å²) in [5.74, 6) is -0.834. The summed E-state index contributed by atoms with van der Waals surface area (Å²) in [5, 5.41) is 11.0. The maximum Gasteiger partial charge on any atom is 0.221 e. The molecule has 0 aromatic carbocycles. The molecular weight excluding hydrogens is 685 g/mol. The first-order valence-electron chi connectivity index (χ1n) is 16.6. The van der Waals surface area contributed by atoms with E-state index in [1.807, 2.05) is 0 Å². The number of hydrogen-bond acceptors (Lipinski definition) is 10. The van der Waals surface area contributed by atoms with Crippen molar-refractivity contribution in [3.63, 3.8) is 0 Å². The highest BCUT2D eigenvalue weighted by atomic mass is 16.2. The fraction of sp³-hybridized carbons (Fsp3) is 0.100. The molecule has 0 atom stereocenters. The van der Waals surface area contributed by atoms with Gasteiger partial charge < -0.3 is 21.3 Å². The molecule has 4 N–H and O–H groups in total. The summed E-state index contributed by atoms with van der Waals surface area (Å²) >= 11 is 0. The number of carbonyl (C=O) groups excluding carboxylic acids is 4. The fourth-order valence-electron chi connectivity index (χ4n) is 4.92. The van der Waals surface area contributed by atoms with Crippen LogP contribution in [0.1, 0.15) is 73.2 Å². The van der Waals surface area contributed by atoms with E-state index in [1.54, 1.807) is 122 Å². The van der Waals surface area contributed by atoms with Crippen LogP contribution in [0.5, 0.6) is 0 Å². The van der Waals surface area contributed by atoms with Gasteiger partial charge in [0.05, 0.1) is 45.6 Å². The Bertz CT molecular complexity index is 2010. The van der Waals surface area contributed by atoms with Crippen LogP contribution < -0.4 is 21.3 Å². The van der Waals surface area contributed by atoms with Crippen molar-refractivity contribution in [1.82, 2.24) is 29.9 Å². The molecule has 0 radical (unpaired) electrons. The summed E-state index contributed by atoms with van der Waals surface area (Å²) in [5.41, 5.74) is 6.48. The van der Waals surface area contributed by atoms with E-state index in [4.69, 9.17) is 9.97 Å². The van der Waals surface area contributed by atoms with E-state index >= 15 is 0 Å². The average Bonchev–Trinajstić information content (AvgIpc) is 3.11. The molecule has 4 amide bonds. The Morgan fingerprint density at radius 2 is 0.611 bits per heavy atom. The van der Waals surface area contributed by atoms with Crippen LogP contribution in [0.2, 0.25) is 0 Å². The molecule has 5 aromatic rings. The largest absolute Gasteiger partial charge is 0.326 e. The van der Waals surface area contributed by atoms with Gasteiger partial charge in [-0.1, -0.05) is 0 Å². The highest BCUT2D eigenvalue weighted by Gasteiger charge is 2.10. The predicted molar refractivity (Wildman–Crippen MR) is 212 cm³/mol. The van der Waals surface area contributed by atoms with E-state index in [2.05, 4.69) is 41.2 Å². The summed E-state index contributed by atoms with van der Waals surface area (Å²) in [4.78, 5) is 74.2. The van der Waals surface area contributed by atoms with Gasteiger partial charge in [0.2, 0.25) is 23.6 Å². The number of aromatic nitrogens is 6. The number of nitrogens with one attached hydrogen (secondary N) is 4. The van der Waals surface area contributed by atoms with Crippen LogP contribution in [0.4, 0.5) is 22.7 Å². The van der Waals surface area contributed by atoms with Gasteiger partial charge in [0.25, 0.3) is 0 Å². The Morgan fingerprint density at radius 1 is 0.389 bits per heavy atom. The number of carbonyl (C=O) groups is 4. The van der Waals surface area contributed by atoms with E-state index in [0.29, 0.717) is 68.3 Å². The SMILES string of the molecule is CC(=O)Nc1ccnc(C=Cc2nc(C=Cc3cc(NC(C)=O)ccn3)c(C=Cc3cc(NC(C)=O)ccn3)nc2C=Cc2cc(NC(C)=O)ccn2)c1. The van der Waals surface area contributed by atoms with Gasteiger partial charge in [-0.3, -0.25) is 39.1 Å². The molecule has 0 aliphatic rings. The number of pyridine rings is 4. The predicted octanol–water partition coefficient (Wildman–Crippen LogP) is 6.57. The molecule has 0 unspecified atom stereocenters. The molecule has 5 rings (SSSR count). The zero-order valence-corrected chi connectivity index (χ0v) is 29.9. The maximum atomic E-state index is 11.7. The van der Waals surface area contributed by atoms with E-state index in [-0.39, 0.29) is 23.6 Å². The van der Waals surface area contributed by atoms with Gasteiger partial charge in [-0.2, -0.15) is 0 Å². The molecule has 0 saturated heterocycles. The van der Waals surface area contributed by atoms with Crippen molar-refractivity contribution < 1.29 is 19.2 Å². The lowest BCUT2D eigenvalue weighted by atomic mass is 10.1. The molecule has 0 spiro atoms. The summed E-state index contributed by atoms with van der Waals surface area (Å²) in [7, 11) is 0. The van der Waals surface area contributed by atoms with Gasteiger partial charge in [0.1, 0.15) is 0 Å². The Morgan fingerprint density at radius 3 is 0.815 bits per heavy atom. The van der Waals surface area contributed by atoms with Crippen LogP contribution in [0.15, 0.2) is 73.3 Å². The standard InChI is InChI=1S/C40H36N10O4/c1-25(51)45-33-13-17-41-29(21-33)5-9-37-38(10-6-30-22-34(14-18-42-30)46-26(2)52)50-40(12-8-32-24-36(16-20-44-32)48-28(4)54)39(49-37)11-7-31-23-35(15-19-43-31)47-27(3)53/h5-24H,1-4H3,(H,41,45,51)(H,42,46,52)(H,43,47,53)(H,44,48,54). The number of anilines is 4. The molecular formula is C40H36N10O4. The van der Waals surface area contributed by atoms with Crippen molar-refractivity contribution in [2.45, 2.75) is 27.7 Å². The van der Waals surface area contributed by atoms with Crippen molar-refractivity contribution in [2.75, 3.05) is 21.3 Å².